The smallest absolute Gasteiger partial charge is 0.263 e. The van der Waals surface area contributed by atoms with E-state index in [1.54, 1.807) is 23.0 Å². The molecular weight excluding hydrogens is 583 g/mol. The highest BCUT2D eigenvalue weighted by atomic mass is 35.5. The van der Waals surface area contributed by atoms with E-state index in [-0.39, 0.29) is 26.3 Å². The molecule has 0 saturated carbocycles. The Kier molecular flexibility index (Phi) is 6.45. The summed E-state index contributed by atoms with van der Waals surface area (Å²) in [6.07, 6.45) is 2.82. The van der Waals surface area contributed by atoms with Crippen molar-refractivity contribution in [2.45, 2.75) is 4.90 Å². The standard InChI is InChI=1S/C26H15Cl2F2N7O2S/c27-14-4-3-7-20(22(14)28)40(38,39)36-17-9-8-15(29)24(23(17)30)35-26-25-18(31-12-32-26)10-11-21(34-25)37-13-33-16-5-1-2-6-19(16)37/h1-13,36H,(H,31,32,35). The Morgan fingerprint density at radius 1 is 0.850 bits per heavy atom. The van der Waals surface area contributed by atoms with Crippen LogP contribution in [0.15, 0.2) is 84.3 Å². The van der Waals surface area contributed by atoms with Gasteiger partial charge in [0, 0.05) is 0 Å². The average molecular weight is 598 g/mol. The van der Waals surface area contributed by atoms with Crippen molar-refractivity contribution in [1.82, 2.24) is 24.5 Å². The van der Waals surface area contributed by atoms with E-state index in [9.17, 15) is 12.8 Å². The van der Waals surface area contributed by atoms with Crippen molar-refractivity contribution in [1.29, 1.82) is 0 Å². The van der Waals surface area contributed by atoms with E-state index in [1.807, 2.05) is 24.3 Å². The van der Waals surface area contributed by atoms with E-state index in [4.69, 9.17) is 23.2 Å². The molecule has 6 aromatic rings. The van der Waals surface area contributed by atoms with Gasteiger partial charge >= 0.3 is 0 Å². The van der Waals surface area contributed by atoms with Crippen molar-refractivity contribution in [3.63, 3.8) is 0 Å². The van der Waals surface area contributed by atoms with Crippen LogP contribution in [0.3, 0.4) is 0 Å². The first-order chi connectivity index (χ1) is 19.2. The molecule has 0 aliphatic carbocycles. The van der Waals surface area contributed by atoms with Gasteiger partial charge in [-0.15, -0.1) is 0 Å². The number of halogens is 4. The van der Waals surface area contributed by atoms with Crippen molar-refractivity contribution in [2.24, 2.45) is 0 Å². The van der Waals surface area contributed by atoms with Crippen molar-refractivity contribution in [2.75, 3.05) is 10.0 Å². The minimum Gasteiger partial charge on any atom is -0.333 e. The van der Waals surface area contributed by atoms with Crippen LogP contribution in [0.5, 0.6) is 0 Å². The van der Waals surface area contributed by atoms with Gasteiger partial charge in [0.05, 0.1) is 32.3 Å². The maximum absolute atomic E-state index is 15.6. The van der Waals surface area contributed by atoms with Gasteiger partial charge in [0.1, 0.15) is 40.4 Å². The molecule has 200 valence electrons. The third-order valence-electron chi connectivity index (χ3n) is 5.95. The molecule has 6 rings (SSSR count). The number of fused-ring (bicyclic) bond motifs is 2. The molecule has 0 bridgehead atoms. The van der Waals surface area contributed by atoms with Gasteiger partial charge in [0.2, 0.25) is 0 Å². The second-order valence-electron chi connectivity index (χ2n) is 8.43. The molecule has 0 saturated heterocycles. The molecule has 0 atom stereocenters. The summed E-state index contributed by atoms with van der Waals surface area (Å²) in [4.78, 5) is 16.9. The molecule has 9 nitrogen and oxygen atoms in total. The molecule has 0 unspecified atom stereocenters. The number of aromatic nitrogens is 5. The van der Waals surface area contributed by atoms with Gasteiger partial charge in [-0.25, -0.2) is 37.1 Å². The van der Waals surface area contributed by atoms with Crippen LogP contribution in [0, 0.1) is 11.6 Å². The van der Waals surface area contributed by atoms with E-state index in [1.165, 1.54) is 24.5 Å². The van der Waals surface area contributed by atoms with Gasteiger partial charge in [-0.1, -0.05) is 41.4 Å². The fourth-order valence-electron chi connectivity index (χ4n) is 4.05. The number of nitrogens with one attached hydrogen (secondary N) is 2. The van der Waals surface area contributed by atoms with Crippen LogP contribution in [0.25, 0.3) is 27.9 Å². The first kappa shape index (κ1) is 25.9. The summed E-state index contributed by atoms with van der Waals surface area (Å²) in [6, 6.07) is 16.7. The number of sulfonamides is 1. The van der Waals surface area contributed by atoms with E-state index >= 15 is 4.39 Å². The number of anilines is 3. The first-order valence-electron chi connectivity index (χ1n) is 11.5. The largest absolute Gasteiger partial charge is 0.333 e. The molecular formula is C26H15Cl2F2N7O2S. The first-order valence-corrected chi connectivity index (χ1v) is 13.7. The molecule has 40 heavy (non-hydrogen) atoms. The molecule has 0 aliphatic rings. The maximum atomic E-state index is 15.6. The van der Waals surface area contributed by atoms with Gasteiger partial charge in [-0.2, -0.15) is 0 Å². The molecule has 0 spiro atoms. The molecule has 3 aromatic carbocycles. The van der Waals surface area contributed by atoms with Gasteiger partial charge in [-0.3, -0.25) is 9.29 Å². The Balaban J connectivity index is 1.39. The zero-order valence-electron chi connectivity index (χ0n) is 20.0. The molecule has 0 amide bonds. The van der Waals surface area contributed by atoms with Crippen LogP contribution in [-0.4, -0.2) is 32.9 Å². The zero-order chi connectivity index (χ0) is 28.0. The van der Waals surface area contributed by atoms with E-state index in [2.05, 4.69) is 30.0 Å². The SMILES string of the molecule is O=S(=O)(Nc1ccc(F)c(Nc2ncnc3ccc(-n4cnc5ccccc54)nc23)c1F)c1cccc(Cl)c1Cl. The summed E-state index contributed by atoms with van der Waals surface area (Å²) in [6.45, 7) is 0. The lowest BCUT2D eigenvalue weighted by molar-refractivity contribution is 0.588. The maximum Gasteiger partial charge on any atom is 0.263 e. The summed E-state index contributed by atoms with van der Waals surface area (Å²) >= 11 is 12.0. The van der Waals surface area contributed by atoms with Crippen molar-refractivity contribution < 1.29 is 17.2 Å². The topological polar surface area (TPSA) is 115 Å². The summed E-state index contributed by atoms with van der Waals surface area (Å²) < 4.78 is 60.1. The van der Waals surface area contributed by atoms with Crippen LogP contribution >= 0.6 is 23.2 Å². The predicted octanol–water partition coefficient (Wildman–Crippen LogP) is 6.49. The Labute approximate surface area is 235 Å². The number of pyridine rings is 1. The molecule has 0 aliphatic heterocycles. The van der Waals surface area contributed by atoms with Crippen molar-refractivity contribution >= 4 is 72.5 Å². The Morgan fingerprint density at radius 3 is 2.52 bits per heavy atom. The highest BCUT2D eigenvalue weighted by molar-refractivity contribution is 7.92. The van der Waals surface area contributed by atoms with E-state index < -0.39 is 33.0 Å². The highest BCUT2D eigenvalue weighted by Gasteiger charge is 2.24. The normalized spacial score (nSPS) is 11.7. The minimum absolute atomic E-state index is 0.00215. The lowest BCUT2D eigenvalue weighted by Crippen LogP contribution is -2.15. The Hall–Kier alpha value is -4.39. The van der Waals surface area contributed by atoms with Gasteiger partial charge < -0.3 is 5.32 Å². The van der Waals surface area contributed by atoms with Gasteiger partial charge in [0.25, 0.3) is 10.0 Å². The fourth-order valence-corrected chi connectivity index (χ4v) is 5.87. The monoisotopic (exact) mass is 597 g/mol. The molecule has 3 heterocycles. The number of hydrogen-bond acceptors (Lipinski definition) is 7. The Morgan fingerprint density at radius 2 is 1.68 bits per heavy atom. The number of hydrogen-bond donors (Lipinski definition) is 2. The van der Waals surface area contributed by atoms with Crippen molar-refractivity contribution in [3.05, 3.63) is 101 Å². The van der Waals surface area contributed by atoms with Gasteiger partial charge in [0.15, 0.2) is 11.6 Å². The fraction of sp³-hybridized carbons (Fsp3) is 0. The molecule has 0 fully saturated rings. The number of nitrogens with zero attached hydrogens (tertiary/aromatic N) is 5. The van der Waals surface area contributed by atoms with E-state index in [0.717, 1.165) is 23.2 Å². The molecule has 3 aromatic heterocycles. The summed E-state index contributed by atoms with van der Waals surface area (Å²) in [5.41, 5.74) is 0.994. The minimum atomic E-state index is -4.38. The quantitative estimate of drug-likeness (QED) is 0.225. The highest BCUT2D eigenvalue weighted by Crippen LogP contribution is 2.34. The third-order valence-corrected chi connectivity index (χ3v) is 8.29. The number of para-hydroxylation sites is 2. The number of rotatable bonds is 6. The van der Waals surface area contributed by atoms with Crippen LogP contribution in [0.1, 0.15) is 0 Å². The van der Waals surface area contributed by atoms with Crippen LogP contribution in [-0.2, 0) is 10.0 Å². The second kappa shape index (κ2) is 9.97. The molecule has 2 N–H and O–H groups in total. The lowest BCUT2D eigenvalue weighted by Gasteiger charge is -2.15. The number of imidazole rings is 1. The Bertz CT molecular complexity index is 2060. The number of benzene rings is 3. The van der Waals surface area contributed by atoms with Gasteiger partial charge in [-0.05, 0) is 48.5 Å². The average Bonchev–Trinajstić information content (AvgIpc) is 3.38. The lowest BCUT2D eigenvalue weighted by atomic mass is 10.2. The second-order valence-corrected chi connectivity index (χ2v) is 10.9. The third kappa shape index (κ3) is 4.55. The summed E-state index contributed by atoms with van der Waals surface area (Å²) in [7, 11) is -4.38. The molecule has 0 radical (unpaired) electrons. The molecule has 14 heteroatoms. The zero-order valence-corrected chi connectivity index (χ0v) is 22.3. The van der Waals surface area contributed by atoms with E-state index in [0.29, 0.717) is 11.3 Å². The summed E-state index contributed by atoms with van der Waals surface area (Å²) in [5.74, 6) is -1.75. The summed E-state index contributed by atoms with van der Waals surface area (Å²) in [5, 5.41) is 2.37. The van der Waals surface area contributed by atoms with Crippen molar-refractivity contribution in [3.8, 4) is 5.82 Å². The predicted molar refractivity (Wildman–Crippen MR) is 149 cm³/mol. The van der Waals surface area contributed by atoms with Crippen LogP contribution < -0.4 is 10.0 Å². The van der Waals surface area contributed by atoms with Crippen LogP contribution in [0.2, 0.25) is 10.0 Å². The van der Waals surface area contributed by atoms with Crippen LogP contribution in [0.4, 0.5) is 26.0 Å².